The van der Waals surface area contributed by atoms with E-state index in [9.17, 15) is 8.78 Å². The average molecular weight is 253 g/mol. The van der Waals surface area contributed by atoms with E-state index < -0.39 is 11.6 Å². The van der Waals surface area contributed by atoms with Crippen molar-refractivity contribution in [1.82, 2.24) is 5.32 Å². The molecule has 0 aliphatic heterocycles. The van der Waals surface area contributed by atoms with Crippen molar-refractivity contribution in [2.45, 2.75) is 44.6 Å². The van der Waals surface area contributed by atoms with E-state index >= 15 is 0 Å². The Hall–Kier alpha value is -0.960. The van der Waals surface area contributed by atoms with Crippen LogP contribution >= 0.6 is 0 Å². The minimum Gasteiger partial charge on any atom is -0.313 e. The maximum atomic E-state index is 13.3. The molecule has 0 heterocycles. The van der Waals surface area contributed by atoms with Crippen LogP contribution < -0.4 is 5.32 Å². The van der Waals surface area contributed by atoms with Crippen LogP contribution in [0.25, 0.3) is 0 Å². The van der Waals surface area contributed by atoms with Gasteiger partial charge in [-0.1, -0.05) is 38.2 Å². The topological polar surface area (TPSA) is 12.0 Å². The van der Waals surface area contributed by atoms with Crippen LogP contribution in [0.15, 0.2) is 18.2 Å². The van der Waals surface area contributed by atoms with E-state index in [1.54, 1.807) is 6.07 Å². The molecule has 1 aromatic carbocycles. The monoisotopic (exact) mass is 253 g/mol. The molecule has 3 heteroatoms. The molecule has 0 aromatic heterocycles. The zero-order chi connectivity index (χ0) is 13.0. The van der Waals surface area contributed by atoms with Crippen LogP contribution in [0.4, 0.5) is 8.78 Å². The van der Waals surface area contributed by atoms with E-state index in [-0.39, 0.29) is 6.04 Å². The third kappa shape index (κ3) is 3.29. The van der Waals surface area contributed by atoms with Gasteiger partial charge in [-0.05, 0) is 37.1 Å². The number of benzene rings is 1. The minimum atomic E-state index is -0.772. The van der Waals surface area contributed by atoms with Gasteiger partial charge in [0.25, 0.3) is 0 Å². The summed E-state index contributed by atoms with van der Waals surface area (Å²) >= 11 is 0. The molecule has 1 saturated carbocycles. The molecule has 1 unspecified atom stereocenters. The smallest absolute Gasteiger partial charge is 0.159 e. The Bertz CT molecular complexity index is 386. The highest BCUT2D eigenvalue weighted by Crippen LogP contribution is 2.32. The van der Waals surface area contributed by atoms with E-state index in [0.717, 1.165) is 12.0 Å². The Morgan fingerprint density at radius 2 is 1.89 bits per heavy atom. The van der Waals surface area contributed by atoms with Gasteiger partial charge in [-0.2, -0.15) is 0 Å². The Labute approximate surface area is 108 Å². The maximum absolute atomic E-state index is 13.3. The summed E-state index contributed by atoms with van der Waals surface area (Å²) in [6.07, 6.45) is 7.49. The van der Waals surface area contributed by atoms with Gasteiger partial charge in [0, 0.05) is 6.04 Å². The predicted molar refractivity (Wildman–Crippen MR) is 69.4 cm³/mol. The Balaban J connectivity index is 2.04. The molecular formula is C15H21F2N. The first kappa shape index (κ1) is 13.5. The van der Waals surface area contributed by atoms with Crippen molar-refractivity contribution < 1.29 is 8.78 Å². The van der Waals surface area contributed by atoms with Crippen molar-refractivity contribution in [1.29, 1.82) is 0 Å². The van der Waals surface area contributed by atoms with Gasteiger partial charge in [0.1, 0.15) is 0 Å². The first-order chi connectivity index (χ1) is 8.70. The fourth-order valence-electron chi connectivity index (χ4n) is 2.91. The zero-order valence-corrected chi connectivity index (χ0v) is 10.9. The lowest BCUT2D eigenvalue weighted by atomic mass is 9.83. The molecule has 0 spiro atoms. The third-order valence-electron chi connectivity index (χ3n) is 3.99. The molecule has 1 nitrogen and oxygen atoms in total. The minimum absolute atomic E-state index is 0.128. The molecule has 2 rings (SSSR count). The second-order valence-corrected chi connectivity index (χ2v) is 5.25. The van der Waals surface area contributed by atoms with Gasteiger partial charge < -0.3 is 5.32 Å². The molecule has 100 valence electrons. The van der Waals surface area contributed by atoms with Crippen LogP contribution in [-0.2, 0) is 0 Å². The highest BCUT2D eigenvalue weighted by molar-refractivity contribution is 5.21. The van der Waals surface area contributed by atoms with Gasteiger partial charge in [-0.3, -0.25) is 0 Å². The molecule has 0 radical (unpaired) electrons. The summed E-state index contributed by atoms with van der Waals surface area (Å²) < 4.78 is 26.2. The molecule has 0 amide bonds. The van der Waals surface area contributed by atoms with Crippen molar-refractivity contribution >= 4 is 0 Å². The van der Waals surface area contributed by atoms with Gasteiger partial charge in [0.15, 0.2) is 11.6 Å². The summed E-state index contributed by atoms with van der Waals surface area (Å²) in [5.74, 6) is -0.813. The Kier molecular flexibility index (Phi) is 4.70. The van der Waals surface area contributed by atoms with Gasteiger partial charge in [0.2, 0.25) is 0 Å². The van der Waals surface area contributed by atoms with Crippen LogP contribution in [0.5, 0.6) is 0 Å². The first-order valence-electron chi connectivity index (χ1n) is 6.83. The molecular weight excluding hydrogens is 232 g/mol. The van der Waals surface area contributed by atoms with E-state index in [0.29, 0.717) is 5.92 Å². The third-order valence-corrected chi connectivity index (χ3v) is 3.99. The molecule has 1 N–H and O–H groups in total. The summed E-state index contributed by atoms with van der Waals surface area (Å²) in [7, 11) is 1.88. The number of nitrogens with one attached hydrogen (secondary N) is 1. The normalized spacial score (nSPS) is 18.8. The van der Waals surface area contributed by atoms with Gasteiger partial charge in [-0.15, -0.1) is 0 Å². The lowest BCUT2D eigenvalue weighted by Crippen LogP contribution is -2.21. The lowest BCUT2D eigenvalue weighted by Gasteiger charge is -2.26. The first-order valence-corrected chi connectivity index (χ1v) is 6.83. The van der Waals surface area contributed by atoms with E-state index in [1.165, 1.54) is 44.2 Å². The van der Waals surface area contributed by atoms with E-state index in [2.05, 4.69) is 5.32 Å². The van der Waals surface area contributed by atoms with Gasteiger partial charge in [0.05, 0.1) is 0 Å². The van der Waals surface area contributed by atoms with E-state index in [1.807, 2.05) is 7.05 Å². The zero-order valence-electron chi connectivity index (χ0n) is 10.9. The van der Waals surface area contributed by atoms with Crippen molar-refractivity contribution in [3.05, 3.63) is 35.4 Å². The van der Waals surface area contributed by atoms with Crippen LogP contribution in [0.2, 0.25) is 0 Å². The number of rotatable bonds is 4. The van der Waals surface area contributed by atoms with Crippen molar-refractivity contribution in [2.24, 2.45) is 5.92 Å². The number of hydrogen-bond donors (Lipinski definition) is 1. The molecule has 1 aromatic rings. The summed E-state index contributed by atoms with van der Waals surface area (Å²) in [4.78, 5) is 0. The summed E-state index contributed by atoms with van der Waals surface area (Å²) in [6.45, 7) is 0. The largest absolute Gasteiger partial charge is 0.313 e. The number of hydrogen-bond acceptors (Lipinski definition) is 1. The number of halogens is 2. The van der Waals surface area contributed by atoms with Crippen LogP contribution in [-0.4, -0.2) is 7.05 Å². The molecule has 1 aliphatic carbocycles. The second-order valence-electron chi connectivity index (χ2n) is 5.25. The van der Waals surface area contributed by atoms with Gasteiger partial charge >= 0.3 is 0 Å². The molecule has 18 heavy (non-hydrogen) atoms. The standard InChI is InChI=1S/C15H21F2N/c1-18-15(9-11-5-3-2-4-6-11)12-7-8-13(16)14(17)10-12/h7-8,10-11,15,18H,2-6,9H2,1H3. The highest BCUT2D eigenvalue weighted by Gasteiger charge is 2.19. The molecule has 1 atom stereocenters. The predicted octanol–water partition coefficient (Wildman–Crippen LogP) is 4.20. The molecule has 0 saturated heterocycles. The molecule has 0 bridgehead atoms. The Morgan fingerprint density at radius 3 is 2.50 bits per heavy atom. The second kappa shape index (κ2) is 6.28. The molecule has 1 aliphatic rings. The fourth-order valence-corrected chi connectivity index (χ4v) is 2.91. The maximum Gasteiger partial charge on any atom is 0.159 e. The highest BCUT2D eigenvalue weighted by atomic mass is 19.2. The van der Waals surface area contributed by atoms with Gasteiger partial charge in [-0.25, -0.2) is 8.78 Å². The van der Waals surface area contributed by atoms with Crippen LogP contribution in [0.1, 0.15) is 50.1 Å². The van der Waals surface area contributed by atoms with Crippen LogP contribution in [0, 0.1) is 17.6 Å². The quantitative estimate of drug-likeness (QED) is 0.848. The van der Waals surface area contributed by atoms with Crippen LogP contribution in [0.3, 0.4) is 0 Å². The SMILES string of the molecule is CNC(CC1CCCCC1)c1ccc(F)c(F)c1. The summed E-state index contributed by atoms with van der Waals surface area (Å²) in [5, 5.41) is 3.22. The van der Waals surface area contributed by atoms with Crippen molar-refractivity contribution in [3.8, 4) is 0 Å². The fraction of sp³-hybridized carbons (Fsp3) is 0.600. The molecule has 1 fully saturated rings. The average Bonchev–Trinajstić information content (AvgIpc) is 2.40. The lowest BCUT2D eigenvalue weighted by molar-refractivity contribution is 0.305. The van der Waals surface area contributed by atoms with Crippen molar-refractivity contribution in [2.75, 3.05) is 7.05 Å². The summed E-state index contributed by atoms with van der Waals surface area (Å²) in [6, 6.07) is 4.35. The Morgan fingerprint density at radius 1 is 1.17 bits per heavy atom. The summed E-state index contributed by atoms with van der Waals surface area (Å²) in [5.41, 5.74) is 0.849. The van der Waals surface area contributed by atoms with Crippen molar-refractivity contribution in [3.63, 3.8) is 0 Å². The van der Waals surface area contributed by atoms with E-state index in [4.69, 9.17) is 0 Å².